The lowest BCUT2D eigenvalue weighted by molar-refractivity contribution is 0.0192. The van der Waals surface area contributed by atoms with E-state index >= 15 is 0 Å². The number of amides is 1. The number of hydrogen-bond donors (Lipinski definition) is 4. The van der Waals surface area contributed by atoms with Crippen LogP contribution in [0.25, 0.3) is 0 Å². The topological polar surface area (TPSA) is 128 Å². The summed E-state index contributed by atoms with van der Waals surface area (Å²) in [5.41, 5.74) is 3.43. The third-order valence-corrected chi connectivity index (χ3v) is 8.03. The molecule has 0 radical (unpaired) electrons. The van der Waals surface area contributed by atoms with Gasteiger partial charge in [0.2, 0.25) is 0 Å². The number of ether oxygens (including phenoxy) is 1. The van der Waals surface area contributed by atoms with Crippen LogP contribution in [0.5, 0.6) is 11.5 Å². The predicted octanol–water partition coefficient (Wildman–Crippen LogP) is 5.35. The second-order valence-corrected chi connectivity index (χ2v) is 12.2. The van der Waals surface area contributed by atoms with Gasteiger partial charge in [-0.05, 0) is 84.8 Å². The molecule has 0 unspecified atom stereocenters. The van der Waals surface area contributed by atoms with Gasteiger partial charge < -0.3 is 30.5 Å². The number of ketones is 1. The van der Waals surface area contributed by atoms with Crippen LogP contribution in [0.4, 0.5) is 5.69 Å². The number of benzene rings is 3. The zero-order chi connectivity index (χ0) is 32.1. The molecule has 44 heavy (non-hydrogen) atoms. The zero-order valence-corrected chi connectivity index (χ0v) is 26.3. The normalized spacial score (nSPS) is 16.8. The summed E-state index contributed by atoms with van der Waals surface area (Å²) in [7, 11) is 3.69. The lowest BCUT2D eigenvalue weighted by Gasteiger charge is -2.26. The summed E-state index contributed by atoms with van der Waals surface area (Å²) in [6.07, 6.45) is 0.757. The minimum absolute atomic E-state index is 0.0316. The number of phenols is 2. The molecule has 9 nitrogen and oxygen atoms in total. The van der Waals surface area contributed by atoms with Crippen LogP contribution in [0.3, 0.4) is 0 Å². The Morgan fingerprint density at radius 1 is 0.886 bits per heavy atom. The highest BCUT2D eigenvalue weighted by molar-refractivity contribution is 6.11. The number of esters is 1. The van der Waals surface area contributed by atoms with Crippen LogP contribution >= 0.6 is 0 Å². The van der Waals surface area contributed by atoms with Gasteiger partial charge in [0.05, 0.1) is 17.2 Å². The van der Waals surface area contributed by atoms with Crippen LogP contribution in [-0.4, -0.2) is 67.2 Å². The predicted molar refractivity (Wildman–Crippen MR) is 171 cm³/mol. The quantitative estimate of drug-likeness (QED) is 0.191. The number of anilines is 1. The van der Waals surface area contributed by atoms with E-state index in [-0.39, 0.29) is 46.2 Å². The number of phenolic OH excluding ortho intramolecular Hbond substituents is 2. The molecule has 1 heterocycles. The molecule has 2 atom stereocenters. The number of hydrogen-bond acceptors (Lipinski definition) is 8. The van der Waals surface area contributed by atoms with E-state index in [2.05, 4.69) is 10.6 Å². The number of carbonyl (C=O) groups excluding carboxylic acids is 3. The average Bonchev–Trinajstić information content (AvgIpc) is 3.21. The van der Waals surface area contributed by atoms with Crippen molar-refractivity contribution < 1.29 is 29.3 Å². The van der Waals surface area contributed by atoms with Crippen LogP contribution in [-0.2, 0) is 4.74 Å². The summed E-state index contributed by atoms with van der Waals surface area (Å²) in [5.74, 6) is -1.05. The molecule has 0 aliphatic carbocycles. The molecule has 1 amide bonds. The molecule has 3 aromatic carbocycles. The van der Waals surface area contributed by atoms with Crippen molar-refractivity contribution in [3.05, 3.63) is 88.0 Å². The highest BCUT2D eigenvalue weighted by Crippen LogP contribution is 2.35. The standard InChI is InChI=1S/C35H43N3O6/c1-20(2)26-16-24(17-27(21(3)4)33(26)41)34(42)37-29-19-36-15-7-8-31(29)44-35(43)23-11-9-22(10-12-23)32(40)28-18-25(38(5)6)13-14-30(28)39/h9-14,16-18,20-21,29,31,36,39,41H,7-8,15,19H2,1-6H3,(H,37,42)/t29-,31-/m1/s1. The first kappa shape index (κ1) is 32.5. The number of nitrogens with zero attached hydrogens (tertiary/aromatic N) is 1. The van der Waals surface area contributed by atoms with E-state index in [9.17, 15) is 24.6 Å². The highest BCUT2D eigenvalue weighted by atomic mass is 16.5. The van der Waals surface area contributed by atoms with Crippen LogP contribution < -0.4 is 15.5 Å². The molecule has 234 valence electrons. The van der Waals surface area contributed by atoms with Gasteiger partial charge in [-0.3, -0.25) is 9.59 Å². The van der Waals surface area contributed by atoms with Crippen LogP contribution in [0.15, 0.2) is 54.6 Å². The van der Waals surface area contributed by atoms with Crippen molar-refractivity contribution in [2.24, 2.45) is 0 Å². The third kappa shape index (κ3) is 7.39. The first-order chi connectivity index (χ1) is 20.9. The smallest absolute Gasteiger partial charge is 0.338 e. The second-order valence-electron chi connectivity index (χ2n) is 12.2. The Hall–Kier alpha value is -4.37. The van der Waals surface area contributed by atoms with Crippen molar-refractivity contribution >= 4 is 23.3 Å². The minimum atomic E-state index is -0.570. The van der Waals surface area contributed by atoms with E-state index in [0.29, 0.717) is 35.2 Å². The Kier molecular flexibility index (Phi) is 10.3. The van der Waals surface area contributed by atoms with Gasteiger partial charge in [-0.2, -0.15) is 0 Å². The lowest BCUT2D eigenvalue weighted by atomic mass is 9.91. The summed E-state index contributed by atoms with van der Waals surface area (Å²) < 4.78 is 5.93. The molecule has 1 fully saturated rings. The van der Waals surface area contributed by atoms with Crippen LogP contribution in [0.1, 0.15) is 100 Å². The summed E-state index contributed by atoms with van der Waals surface area (Å²) in [4.78, 5) is 41.6. The van der Waals surface area contributed by atoms with Crippen molar-refractivity contribution in [2.75, 3.05) is 32.1 Å². The van der Waals surface area contributed by atoms with Gasteiger partial charge in [0.25, 0.3) is 5.91 Å². The fourth-order valence-electron chi connectivity index (χ4n) is 5.35. The molecule has 0 aromatic heterocycles. The van der Waals surface area contributed by atoms with E-state index < -0.39 is 18.1 Å². The molecular formula is C35H43N3O6. The molecule has 1 saturated heterocycles. The highest BCUT2D eigenvalue weighted by Gasteiger charge is 2.30. The fraction of sp³-hybridized carbons (Fsp3) is 0.400. The third-order valence-electron chi connectivity index (χ3n) is 8.03. The molecular weight excluding hydrogens is 558 g/mol. The molecule has 0 saturated carbocycles. The maximum atomic E-state index is 13.5. The Morgan fingerprint density at radius 2 is 1.50 bits per heavy atom. The molecule has 0 bridgehead atoms. The van der Waals surface area contributed by atoms with E-state index in [0.717, 1.165) is 18.7 Å². The number of rotatable bonds is 9. The van der Waals surface area contributed by atoms with Crippen molar-refractivity contribution in [3.8, 4) is 11.5 Å². The van der Waals surface area contributed by atoms with Gasteiger partial charge in [-0.15, -0.1) is 0 Å². The minimum Gasteiger partial charge on any atom is -0.507 e. The lowest BCUT2D eigenvalue weighted by Crippen LogP contribution is -2.49. The summed E-state index contributed by atoms with van der Waals surface area (Å²) in [6.45, 7) is 9.05. The van der Waals surface area contributed by atoms with Crippen molar-refractivity contribution in [1.29, 1.82) is 0 Å². The first-order valence-corrected chi connectivity index (χ1v) is 15.1. The van der Waals surface area contributed by atoms with Crippen LogP contribution in [0.2, 0.25) is 0 Å². The fourth-order valence-corrected chi connectivity index (χ4v) is 5.35. The number of carbonyl (C=O) groups is 3. The average molecular weight is 602 g/mol. The molecule has 3 aromatic rings. The molecule has 0 spiro atoms. The molecule has 4 N–H and O–H groups in total. The van der Waals surface area contributed by atoms with Gasteiger partial charge in [0.15, 0.2) is 5.78 Å². The molecule has 9 heteroatoms. The van der Waals surface area contributed by atoms with Gasteiger partial charge in [-0.25, -0.2) is 4.79 Å². The summed E-state index contributed by atoms with van der Waals surface area (Å²) in [6, 6.07) is 14.0. The van der Waals surface area contributed by atoms with Gasteiger partial charge >= 0.3 is 5.97 Å². The Balaban J connectivity index is 1.49. The van der Waals surface area contributed by atoms with Crippen molar-refractivity contribution in [1.82, 2.24) is 10.6 Å². The maximum Gasteiger partial charge on any atom is 0.338 e. The summed E-state index contributed by atoms with van der Waals surface area (Å²) in [5, 5.41) is 27.4. The Labute approximate surface area is 259 Å². The SMILES string of the molecule is CC(C)c1cc(C(=O)N[C@@H]2CNCCC[C@H]2OC(=O)c2ccc(C(=O)c3cc(N(C)C)ccc3O)cc2)cc(C(C)C)c1O. The first-order valence-electron chi connectivity index (χ1n) is 15.1. The largest absolute Gasteiger partial charge is 0.507 e. The van der Waals surface area contributed by atoms with Gasteiger partial charge in [-0.1, -0.05) is 39.8 Å². The Morgan fingerprint density at radius 3 is 2.09 bits per heavy atom. The van der Waals surface area contributed by atoms with Crippen molar-refractivity contribution in [2.45, 2.75) is 64.5 Å². The maximum absolute atomic E-state index is 13.5. The monoisotopic (exact) mass is 601 g/mol. The molecule has 1 aliphatic rings. The van der Waals surface area contributed by atoms with E-state index in [1.54, 1.807) is 24.3 Å². The van der Waals surface area contributed by atoms with Gasteiger partial charge in [0, 0.05) is 37.5 Å². The van der Waals surface area contributed by atoms with Gasteiger partial charge in [0.1, 0.15) is 17.6 Å². The molecule has 1 aliphatic heterocycles. The number of aromatic hydroxyl groups is 2. The second kappa shape index (κ2) is 13.9. The zero-order valence-electron chi connectivity index (χ0n) is 26.3. The molecule has 4 rings (SSSR count). The summed E-state index contributed by atoms with van der Waals surface area (Å²) >= 11 is 0. The van der Waals surface area contributed by atoms with Crippen molar-refractivity contribution in [3.63, 3.8) is 0 Å². The number of nitrogens with one attached hydrogen (secondary N) is 2. The van der Waals surface area contributed by atoms with E-state index in [1.165, 1.54) is 30.3 Å². The Bertz CT molecular complexity index is 1480. The van der Waals surface area contributed by atoms with E-state index in [1.807, 2.05) is 46.7 Å². The van der Waals surface area contributed by atoms with E-state index in [4.69, 9.17) is 4.74 Å². The van der Waals surface area contributed by atoms with Crippen LogP contribution in [0, 0.1) is 0 Å².